The standard InChI is InChI=1S/C14H18Cl2FN/c1-8-6-14(2,3)7-12(8)18-13-10(15)4-9(17)5-11(13)16/h4-5,8,12,18H,6-7H2,1-3H3. The van der Waals surface area contributed by atoms with Crippen LogP contribution in [0.5, 0.6) is 0 Å². The predicted octanol–water partition coefficient (Wildman–Crippen LogP) is 5.37. The van der Waals surface area contributed by atoms with Crippen LogP contribution in [-0.4, -0.2) is 6.04 Å². The molecule has 0 saturated heterocycles. The van der Waals surface area contributed by atoms with Gasteiger partial charge in [0.25, 0.3) is 0 Å². The normalized spacial score (nSPS) is 26.3. The largest absolute Gasteiger partial charge is 0.380 e. The molecule has 2 unspecified atom stereocenters. The number of hydrogen-bond donors (Lipinski definition) is 1. The van der Waals surface area contributed by atoms with Gasteiger partial charge in [-0.25, -0.2) is 4.39 Å². The molecule has 0 aromatic heterocycles. The van der Waals surface area contributed by atoms with Gasteiger partial charge >= 0.3 is 0 Å². The zero-order valence-electron chi connectivity index (χ0n) is 10.9. The smallest absolute Gasteiger partial charge is 0.126 e. The summed E-state index contributed by atoms with van der Waals surface area (Å²) in [5, 5.41) is 4.07. The van der Waals surface area contributed by atoms with Crippen molar-refractivity contribution in [2.45, 2.75) is 39.7 Å². The van der Waals surface area contributed by atoms with Crippen LogP contribution >= 0.6 is 23.2 Å². The summed E-state index contributed by atoms with van der Waals surface area (Å²) < 4.78 is 13.1. The minimum atomic E-state index is -0.407. The fourth-order valence-corrected chi connectivity index (χ4v) is 3.52. The Hall–Kier alpha value is -0.470. The number of halogens is 3. The molecule has 1 aliphatic carbocycles. The van der Waals surface area contributed by atoms with Gasteiger partial charge in [-0.05, 0) is 36.3 Å². The Balaban J connectivity index is 2.20. The summed E-state index contributed by atoms with van der Waals surface area (Å²) in [6, 6.07) is 2.92. The third-order valence-electron chi connectivity index (χ3n) is 3.67. The van der Waals surface area contributed by atoms with Crippen molar-refractivity contribution < 1.29 is 4.39 Å². The first-order chi connectivity index (χ1) is 8.28. The third-order valence-corrected chi connectivity index (χ3v) is 4.27. The van der Waals surface area contributed by atoms with Crippen molar-refractivity contribution in [3.05, 3.63) is 28.0 Å². The van der Waals surface area contributed by atoms with E-state index in [-0.39, 0.29) is 0 Å². The zero-order chi connectivity index (χ0) is 13.5. The summed E-state index contributed by atoms with van der Waals surface area (Å²) in [6.07, 6.45) is 2.24. The van der Waals surface area contributed by atoms with Crippen molar-refractivity contribution in [3.63, 3.8) is 0 Å². The summed E-state index contributed by atoms with van der Waals surface area (Å²) in [5.74, 6) is 0.146. The molecule has 0 amide bonds. The van der Waals surface area contributed by atoms with E-state index in [0.717, 1.165) is 6.42 Å². The molecule has 0 bridgehead atoms. The summed E-state index contributed by atoms with van der Waals surface area (Å²) in [6.45, 7) is 6.75. The molecule has 0 spiro atoms. The molecule has 0 radical (unpaired) electrons. The van der Waals surface area contributed by atoms with Crippen molar-refractivity contribution >= 4 is 28.9 Å². The molecule has 1 saturated carbocycles. The molecule has 2 atom stereocenters. The highest BCUT2D eigenvalue weighted by atomic mass is 35.5. The number of hydrogen-bond acceptors (Lipinski definition) is 1. The van der Waals surface area contributed by atoms with Gasteiger partial charge in [0.15, 0.2) is 0 Å². The maximum absolute atomic E-state index is 13.1. The average Bonchev–Trinajstić information content (AvgIpc) is 2.45. The van der Waals surface area contributed by atoms with Gasteiger partial charge in [-0.2, -0.15) is 0 Å². The summed E-state index contributed by atoms with van der Waals surface area (Å²) in [5.41, 5.74) is 0.977. The van der Waals surface area contributed by atoms with Gasteiger partial charge in [-0.3, -0.25) is 0 Å². The molecule has 1 nitrogen and oxygen atoms in total. The van der Waals surface area contributed by atoms with Crippen LogP contribution in [0.1, 0.15) is 33.6 Å². The lowest BCUT2D eigenvalue weighted by Crippen LogP contribution is -2.23. The molecule has 100 valence electrons. The second-order valence-corrected chi connectivity index (χ2v) is 6.86. The Bertz CT molecular complexity index is 436. The van der Waals surface area contributed by atoms with Crippen LogP contribution in [0, 0.1) is 17.2 Å². The van der Waals surface area contributed by atoms with Crippen LogP contribution in [0.3, 0.4) is 0 Å². The fourth-order valence-electron chi connectivity index (χ4n) is 2.95. The maximum Gasteiger partial charge on any atom is 0.126 e. The molecule has 0 aliphatic heterocycles. The quantitative estimate of drug-likeness (QED) is 0.772. The van der Waals surface area contributed by atoms with Crippen LogP contribution in [0.2, 0.25) is 10.0 Å². The second-order valence-electron chi connectivity index (χ2n) is 6.05. The van der Waals surface area contributed by atoms with E-state index in [0.29, 0.717) is 33.1 Å². The first-order valence-electron chi connectivity index (χ1n) is 6.19. The fraction of sp³-hybridized carbons (Fsp3) is 0.571. The van der Waals surface area contributed by atoms with Crippen LogP contribution in [-0.2, 0) is 0 Å². The predicted molar refractivity (Wildman–Crippen MR) is 76.0 cm³/mol. The van der Waals surface area contributed by atoms with Gasteiger partial charge in [0.1, 0.15) is 5.82 Å². The molecule has 1 N–H and O–H groups in total. The van der Waals surface area contributed by atoms with Gasteiger partial charge in [-0.1, -0.05) is 44.0 Å². The molecule has 1 aromatic carbocycles. The van der Waals surface area contributed by atoms with Gasteiger partial charge in [0.05, 0.1) is 15.7 Å². The Morgan fingerprint density at radius 1 is 1.22 bits per heavy atom. The summed E-state index contributed by atoms with van der Waals surface area (Å²) in [4.78, 5) is 0. The first kappa shape index (κ1) is 14.0. The van der Waals surface area contributed by atoms with Crippen molar-refractivity contribution in [1.82, 2.24) is 0 Å². The minimum Gasteiger partial charge on any atom is -0.380 e. The molecule has 1 aliphatic rings. The van der Waals surface area contributed by atoms with E-state index in [1.165, 1.54) is 18.6 Å². The van der Waals surface area contributed by atoms with Crippen LogP contribution < -0.4 is 5.32 Å². The van der Waals surface area contributed by atoms with E-state index in [1.807, 2.05) is 0 Å². The molecule has 18 heavy (non-hydrogen) atoms. The average molecular weight is 290 g/mol. The number of rotatable bonds is 2. The molecule has 4 heteroatoms. The van der Waals surface area contributed by atoms with Gasteiger partial charge in [0, 0.05) is 6.04 Å². The topological polar surface area (TPSA) is 12.0 Å². The number of nitrogens with one attached hydrogen (secondary N) is 1. The first-order valence-corrected chi connectivity index (χ1v) is 6.95. The number of benzene rings is 1. The van der Waals surface area contributed by atoms with E-state index in [2.05, 4.69) is 26.1 Å². The van der Waals surface area contributed by atoms with Gasteiger partial charge < -0.3 is 5.32 Å². The number of anilines is 1. The van der Waals surface area contributed by atoms with Crippen molar-refractivity contribution in [1.29, 1.82) is 0 Å². The Kier molecular flexibility index (Phi) is 3.80. The van der Waals surface area contributed by atoms with E-state index in [4.69, 9.17) is 23.2 Å². The second kappa shape index (κ2) is 4.90. The monoisotopic (exact) mass is 289 g/mol. The Labute approximate surface area is 118 Å². The highest BCUT2D eigenvalue weighted by molar-refractivity contribution is 6.39. The van der Waals surface area contributed by atoms with E-state index < -0.39 is 5.82 Å². The van der Waals surface area contributed by atoms with Crippen LogP contribution in [0.15, 0.2) is 12.1 Å². The Morgan fingerprint density at radius 2 is 1.78 bits per heavy atom. The van der Waals surface area contributed by atoms with E-state index in [1.54, 1.807) is 0 Å². The maximum atomic E-state index is 13.1. The molecule has 2 rings (SSSR count). The summed E-state index contributed by atoms with van der Waals surface area (Å²) in [7, 11) is 0. The highest BCUT2D eigenvalue weighted by Crippen LogP contribution is 2.43. The van der Waals surface area contributed by atoms with Gasteiger partial charge in [-0.15, -0.1) is 0 Å². The lowest BCUT2D eigenvalue weighted by molar-refractivity contribution is 0.366. The molecule has 1 fully saturated rings. The zero-order valence-corrected chi connectivity index (χ0v) is 12.4. The lowest BCUT2D eigenvalue weighted by Gasteiger charge is -2.21. The van der Waals surface area contributed by atoms with E-state index >= 15 is 0 Å². The molecular formula is C14H18Cl2FN. The molecule has 1 aromatic rings. The Morgan fingerprint density at radius 3 is 2.22 bits per heavy atom. The third kappa shape index (κ3) is 2.92. The van der Waals surface area contributed by atoms with Crippen molar-refractivity contribution in [2.24, 2.45) is 11.3 Å². The van der Waals surface area contributed by atoms with Gasteiger partial charge in [0.2, 0.25) is 0 Å². The van der Waals surface area contributed by atoms with Crippen molar-refractivity contribution in [2.75, 3.05) is 5.32 Å². The molecule has 0 heterocycles. The summed E-state index contributed by atoms with van der Waals surface area (Å²) >= 11 is 12.1. The van der Waals surface area contributed by atoms with Crippen LogP contribution in [0.4, 0.5) is 10.1 Å². The highest BCUT2D eigenvalue weighted by Gasteiger charge is 2.37. The molecular weight excluding hydrogens is 272 g/mol. The van der Waals surface area contributed by atoms with Crippen LogP contribution in [0.25, 0.3) is 0 Å². The van der Waals surface area contributed by atoms with Crippen molar-refractivity contribution in [3.8, 4) is 0 Å². The SMILES string of the molecule is CC1CC(C)(C)CC1Nc1c(Cl)cc(F)cc1Cl. The minimum absolute atomic E-state index is 0.329. The van der Waals surface area contributed by atoms with E-state index in [9.17, 15) is 4.39 Å². The lowest BCUT2D eigenvalue weighted by atomic mass is 9.91.